The monoisotopic (exact) mass is 339 g/mol. The molecule has 0 unspecified atom stereocenters. The standard InChI is InChI=1S/C13H14BrN3O3/c1-7-6-10(14)19-11(7)13(18)17-5-3-4-9(17)12-15-8(2)20-16-12/h6,9H,3-5H2,1-2H3/t9-/m1/s1. The van der Waals surface area contributed by atoms with E-state index in [-0.39, 0.29) is 11.9 Å². The van der Waals surface area contributed by atoms with Gasteiger partial charge in [-0.2, -0.15) is 4.98 Å². The fraction of sp³-hybridized carbons (Fsp3) is 0.462. The van der Waals surface area contributed by atoms with Crippen LogP contribution in [0.25, 0.3) is 0 Å². The molecule has 20 heavy (non-hydrogen) atoms. The lowest BCUT2D eigenvalue weighted by Gasteiger charge is -2.21. The molecule has 0 aliphatic carbocycles. The Labute approximate surface area is 124 Å². The number of aromatic nitrogens is 2. The van der Waals surface area contributed by atoms with Crippen molar-refractivity contribution in [3.63, 3.8) is 0 Å². The van der Waals surface area contributed by atoms with Crippen LogP contribution in [-0.2, 0) is 0 Å². The Morgan fingerprint density at radius 1 is 1.50 bits per heavy atom. The Morgan fingerprint density at radius 2 is 2.30 bits per heavy atom. The van der Waals surface area contributed by atoms with E-state index in [4.69, 9.17) is 8.94 Å². The van der Waals surface area contributed by atoms with Crippen LogP contribution in [0.5, 0.6) is 0 Å². The largest absolute Gasteiger partial charge is 0.444 e. The third-order valence-corrected chi connectivity index (χ3v) is 3.83. The smallest absolute Gasteiger partial charge is 0.290 e. The lowest BCUT2D eigenvalue weighted by molar-refractivity contribution is 0.0693. The first kappa shape index (κ1) is 13.4. The molecule has 0 radical (unpaired) electrons. The van der Waals surface area contributed by atoms with Crippen LogP contribution < -0.4 is 0 Å². The second kappa shape index (κ2) is 5.05. The van der Waals surface area contributed by atoms with Gasteiger partial charge in [0, 0.05) is 19.0 Å². The summed E-state index contributed by atoms with van der Waals surface area (Å²) in [4.78, 5) is 18.6. The molecule has 0 saturated carbocycles. The lowest BCUT2D eigenvalue weighted by atomic mass is 10.2. The van der Waals surface area contributed by atoms with E-state index >= 15 is 0 Å². The molecule has 1 fully saturated rings. The number of rotatable bonds is 2. The number of hydrogen-bond acceptors (Lipinski definition) is 5. The van der Waals surface area contributed by atoms with Crippen LogP contribution in [0.15, 0.2) is 19.7 Å². The number of amides is 1. The first-order chi connectivity index (χ1) is 9.56. The van der Waals surface area contributed by atoms with Crippen LogP contribution in [0.4, 0.5) is 0 Å². The van der Waals surface area contributed by atoms with Gasteiger partial charge in [0.2, 0.25) is 5.89 Å². The molecule has 0 aromatic carbocycles. The maximum atomic E-state index is 12.6. The third kappa shape index (κ3) is 2.26. The van der Waals surface area contributed by atoms with E-state index in [2.05, 4.69) is 26.1 Å². The number of carbonyl (C=O) groups excluding carboxylic acids is 1. The molecule has 2 aromatic rings. The minimum atomic E-state index is -0.136. The first-order valence-electron chi connectivity index (χ1n) is 6.43. The summed E-state index contributed by atoms with van der Waals surface area (Å²) in [7, 11) is 0. The highest BCUT2D eigenvalue weighted by molar-refractivity contribution is 9.10. The average Bonchev–Trinajstić information content (AvgIpc) is 3.08. The van der Waals surface area contributed by atoms with Crippen molar-refractivity contribution in [1.82, 2.24) is 15.0 Å². The van der Waals surface area contributed by atoms with E-state index in [1.54, 1.807) is 17.9 Å². The van der Waals surface area contributed by atoms with Crippen LogP contribution in [0.3, 0.4) is 0 Å². The molecule has 1 atom stereocenters. The summed E-state index contributed by atoms with van der Waals surface area (Å²) in [5.41, 5.74) is 0.816. The molecular weight excluding hydrogens is 326 g/mol. The molecule has 106 valence electrons. The molecule has 3 heterocycles. The lowest BCUT2D eigenvalue weighted by Crippen LogP contribution is -2.31. The van der Waals surface area contributed by atoms with Crippen molar-refractivity contribution in [2.24, 2.45) is 0 Å². The van der Waals surface area contributed by atoms with Gasteiger partial charge < -0.3 is 13.8 Å². The van der Waals surface area contributed by atoms with Crippen LogP contribution in [0.2, 0.25) is 0 Å². The van der Waals surface area contributed by atoms with Gasteiger partial charge in [-0.3, -0.25) is 4.79 Å². The molecule has 1 saturated heterocycles. The summed E-state index contributed by atoms with van der Waals surface area (Å²) in [5.74, 6) is 1.31. The van der Waals surface area contributed by atoms with Gasteiger partial charge in [0.15, 0.2) is 16.3 Å². The van der Waals surface area contributed by atoms with Crippen LogP contribution in [0, 0.1) is 13.8 Å². The Kier molecular flexibility index (Phi) is 3.37. The van der Waals surface area contributed by atoms with Crippen molar-refractivity contribution in [2.45, 2.75) is 32.7 Å². The zero-order valence-corrected chi connectivity index (χ0v) is 12.8. The van der Waals surface area contributed by atoms with Gasteiger partial charge >= 0.3 is 0 Å². The van der Waals surface area contributed by atoms with Crippen molar-refractivity contribution in [3.8, 4) is 0 Å². The maximum Gasteiger partial charge on any atom is 0.290 e. The Bertz CT molecular complexity index is 649. The molecular formula is C13H14BrN3O3. The zero-order valence-electron chi connectivity index (χ0n) is 11.2. The highest BCUT2D eigenvalue weighted by Crippen LogP contribution is 2.33. The zero-order chi connectivity index (χ0) is 14.3. The molecule has 1 aliphatic rings. The average molecular weight is 340 g/mol. The molecule has 0 bridgehead atoms. The van der Waals surface area contributed by atoms with Gasteiger partial charge in [-0.25, -0.2) is 0 Å². The number of aryl methyl sites for hydroxylation is 2. The quantitative estimate of drug-likeness (QED) is 0.840. The van der Waals surface area contributed by atoms with Crippen molar-refractivity contribution in [2.75, 3.05) is 6.54 Å². The summed E-state index contributed by atoms with van der Waals surface area (Å²) in [6, 6.07) is 1.65. The normalized spacial score (nSPS) is 18.8. The van der Waals surface area contributed by atoms with E-state index in [0.29, 0.717) is 28.7 Å². The minimum Gasteiger partial charge on any atom is -0.444 e. The first-order valence-corrected chi connectivity index (χ1v) is 7.22. The topological polar surface area (TPSA) is 72.4 Å². The van der Waals surface area contributed by atoms with Crippen LogP contribution in [-0.4, -0.2) is 27.5 Å². The molecule has 2 aromatic heterocycles. The van der Waals surface area contributed by atoms with E-state index < -0.39 is 0 Å². The van der Waals surface area contributed by atoms with Gasteiger partial charge in [0.1, 0.15) is 0 Å². The van der Waals surface area contributed by atoms with Gasteiger partial charge in [-0.15, -0.1) is 0 Å². The summed E-state index contributed by atoms with van der Waals surface area (Å²) in [6.45, 7) is 4.27. The van der Waals surface area contributed by atoms with E-state index in [0.717, 1.165) is 18.4 Å². The van der Waals surface area contributed by atoms with Gasteiger partial charge in [0.25, 0.3) is 5.91 Å². The molecule has 6 nitrogen and oxygen atoms in total. The van der Waals surface area contributed by atoms with Crippen molar-refractivity contribution in [3.05, 3.63) is 33.8 Å². The van der Waals surface area contributed by atoms with Gasteiger partial charge in [-0.1, -0.05) is 5.16 Å². The van der Waals surface area contributed by atoms with Crippen molar-refractivity contribution < 1.29 is 13.7 Å². The molecule has 7 heteroatoms. The number of carbonyl (C=O) groups is 1. The summed E-state index contributed by atoms with van der Waals surface area (Å²) < 4.78 is 11.0. The number of likely N-dealkylation sites (tertiary alicyclic amines) is 1. The predicted octanol–water partition coefficient (Wildman–Crippen LogP) is 3.02. The van der Waals surface area contributed by atoms with Crippen molar-refractivity contribution >= 4 is 21.8 Å². The number of hydrogen-bond donors (Lipinski definition) is 0. The van der Waals surface area contributed by atoms with Gasteiger partial charge in [0.05, 0.1) is 6.04 Å². The number of halogens is 1. The maximum absolute atomic E-state index is 12.6. The Morgan fingerprint density at radius 3 is 2.90 bits per heavy atom. The van der Waals surface area contributed by atoms with E-state index in [1.807, 2.05) is 6.92 Å². The molecule has 3 rings (SSSR count). The number of furan rings is 1. The molecule has 0 spiro atoms. The van der Waals surface area contributed by atoms with Crippen molar-refractivity contribution in [1.29, 1.82) is 0 Å². The fourth-order valence-corrected chi connectivity index (χ4v) is 3.02. The summed E-state index contributed by atoms with van der Waals surface area (Å²) in [6.07, 6.45) is 1.76. The van der Waals surface area contributed by atoms with E-state index in [1.165, 1.54) is 0 Å². The minimum absolute atomic E-state index is 0.127. The van der Waals surface area contributed by atoms with Crippen LogP contribution >= 0.6 is 15.9 Å². The number of nitrogens with zero attached hydrogens (tertiary/aromatic N) is 3. The van der Waals surface area contributed by atoms with Crippen LogP contribution in [0.1, 0.15) is 46.7 Å². The highest BCUT2D eigenvalue weighted by atomic mass is 79.9. The molecule has 0 N–H and O–H groups in total. The van der Waals surface area contributed by atoms with Gasteiger partial charge in [-0.05, 0) is 41.8 Å². The van der Waals surface area contributed by atoms with E-state index in [9.17, 15) is 4.79 Å². The molecule has 1 aliphatic heterocycles. The fourth-order valence-electron chi connectivity index (χ4n) is 2.51. The summed E-state index contributed by atoms with van der Waals surface area (Å²) in [5, 5.41) is 3.93. The Hall–Kier alpha value is -1.63. The molecule has 1 amide bonds. The Balaban J connectivity index is 1.89. The predicted molar refractivity (Wildman–Crippen MR) is 73.2 cm³/mol. The second-order valence-electron chi connectivity index (χ2n) is 4.89. The third-order valence-electron chi connectivity index (χ3n) is 3.44. The second-order valence-corrected chi connectivity index (χ2v) is 5.67. The highest BCUT2D eigenvalue weighted by Gasteiger charge is 2.35. The summed E-state index contributed by atoms with van der Waals surface area (Å²) >= 11 is 3.25. The SMILES string of the molecule is Cc1nc([C@H]2CCCN2C(=O)c2oc(Br)cc2C)no1.